The van der Waals surface area contributed by atoms with Crippen molar-refractivity contribution in [1.82, 2.24) is 10.3 Å². The molecular formula is C20H26N2O4S. The molecule has 0 spiro atoms. The molecule has 0 fully saturated rings. The molecule has 6 nitrogen and oxygen atoms in total. The van der Waals surface area contributed by atoms with E-state index in [0.29, 0.717) is 0 Å². The van der Waals surface area contributed by atoms with Crippen molar-refractivity contribution in [3.8, 4) is 0 Å². The summed E-state index contributed by atoms with van der Waals surface area (Å²) in [6.07, 6.45) is 1.19. The van der Waals surface area contributed by atoms with Crippen molar-refractivity contribution >= 4 is 23.4 Å². The summed E-state index contributed by atoms with van der Waals surface area (Å²) < 4.78 is 10.2. The van der Waals surface area contributed by atoms with Gasteiger partial charge in [-0.1, -0.05) is 24.3 Å². The maximum absolute atomic E-state index is 11.7. The first-order chi connectivity index (χ1) is 12.7. The van der Waals surface area contributed by atoms with Gasteiger partial charge in [0.25, 0.3) is 0 Å². The summed E-state index contributed by atoms with van der Waals surface area (Å²) in [6.45, 7) is 7.22. The van der Waals surface area contributed by atoms with Crippen LogP contribution in [0.25, 0.3) is 0 Å². The fourth-order valence-corrected chi connectivity index (χ4v) is 2.92. The van der Waals surface area contributed by atoms with Gasteiger partial charge in [0, 0.05) is 5.38 Å². The molecule has 1 heterocycles. The number of rotatable bonds is 7. The van der Waals surface area contributed by atoms with Gasteiger partial charge in [0.15, 0.2) is 0 Å². The molecule has 0 aliphatic carbocycles. The largest absolute Gasteiger partial charge is 0.460 e. The van der Waals surface area contributed by atoms with Crippen LogP contribution in [0.4, 0.5) is 4.79 Å². The average molecular weight is 391 g/mol. The number of thiazole rings is 1. The number of amides is 1. The standard InChI is InChI=1S/C20H26N2O4S/c1-14-22-17(13-27-14)10-9-15-5-7-16(8-6-15)12-25-18(23)11-21-19(24)26-20(2,3)4/h5-8,13H,9-12H2,1-4H3,(H,21,24). The summed E-state index contributed by atoms with van der Waals surface area (Å²) in [5, 5.41) is 5.56. The third-order valence-corrected chi connectivity index (χ3v) is 4.36. The van der Waals surface area contributed by atoms with E-state index in [1.54, 1.807) is 32.1 Å². The van der Waals surface area contributed by atoms with Crippen molar-refractivity contribution in [2.45, 2.75) is 52.7 Å². The van der Waals surface area contributed by atoms with Gasteiger partial charge in [-0.2, -0.15) is 0 Å². The lowest BCUT2D eigenvalue weighted by Crippen LogP contribution is -2.36. The zero-order chi connectivity index (χ0) is 19.9. The minimum atomic E-state index is -0.640. The second-order valence-electron chi connectivity index (χ2n) is 7.19. The van der Waals surface area contributed by atoms with Gasteiger partial charge in [-0.05, 0) is 51.7 Å². The Hall–Kier alpha value is -2.41. The van der Waals surface area contributed by atoms with Gasteiger partial charge in [0.05, 0.1) is 10.7 Å². The molecule has 1 aromatic carbocycles. The van der Waals surface area contributed by atoms with Crippen LogP contribution < -0.4 is 5.32 Å². The Bertz CT molecular complexity index is 763. The number of alkyl carbamates (subject to hydrolysis) is 1. The number of nitrogens with zero attached hydrogens (tertiary/aromatic N) is 1. The highest BCUT2D eigenvalue weighted by Crippen LogP contribution is 2.12. The highest BCUT2D eigenvalue weighted by molar-refractivity contribution is 7.09. The lowest BCUT2D eigenvalue weighted by Gasteiger charge is -2.19. The Balaban J connectivity index is 1.69. The number of hydrogen-bond acceptors (Lipinski definition) is 6. The molecule has 1 aromatic heterocycles. The van der Waals surface area contributed by atoms with Crippen molar-refractivity contribution in [2.75, 3.05) is 6.54 Å². The first kappa shape index (κ1) is 20.9. The van der Waals surface area contributed by atoms with Gasteiger partial charge in [-0.15, -0.1) is 11.3 Å². The Labute approximate surface area is 163 Å². The Kier molecular flexibility index (Phi) is 7.36. The quantitative estimate of drug-likeness (QED) is 0.728. The van der Waals surface area contributed by atoms with Crippen molar-refractivity contribution in [2.24, 2.45) is 0 Å². The number of ether oxygens (including phenoxy) is 2. The number of hydrogen-bond donors (Lipinski definition) is 1. The van der Waals surface area contributed by atoms with E-state index in [1.807, 2.05) is 31.2 Å². The Morgan fingerprint density at radius 1 is 1.11 bits per heavy atom. The SMILES string of the molecule is Cc1nc(CCc2ccc(COC(=O)CNC(=O)OC(C)(C)C)cc2)cs1. The maximum Gasteiger partial charge on any atom is 0.408 e. The molecule has 0 unspecified atom stereocenters. The fourth-order valence-electron chi connectivity index (χ4n) is 2.27. The summed E-state index contributed by atoms with van der Waals surface area (Å²) in [6, 6.07) is 7.94. The number of carbonyl (C=O) groups excluding carboxylic acids is 2. The van der Waals surface area contributed by atoms with E-state index in [4.69, 9.17) is 9.47 Å². The number of aryl methyl sites for hydroxylation is 3. The second kappa shape index (κ2) is 9.50. The molecule has 2 aromatic rings. The average Bonchev–Trinajstić information content (AvgIpc) is 3.01. The number of aromatic nitrogens is 1. The molecule has 146 valence electrons. The molecule has 1 N–H and O–H groups in total. The third-order valence-electron chi connectivity index (χ3n) is 3.54. The second-order valence-corrected chi connectivity index (χ2v) is 8.25. The fraction of sp³-hybridized carbons (Fsp3) is 0.450. The normalized spacial score (nSPS) is 11.1. The number of nitrogens with one attached hydrogen (secondary N) is 1. The summed E-state index contributed by atoms with van der Waals surface area (Å²) in [5.74, 6) is -0.510. The van der Waals surface area contributed by atoms with Crippen LogP contribution in [0, 0.1) is 6.92 Å². The van der Waals surface area contributed by atoms with Crippen LogP contribution in [0.5, 0.6) is 0 Å². The molecule has 0 aliphatic heterocycles. The lowest BCUT2D eigenvalue weighted by molar-refractivity contribution is -0.143. The van der Waals surface area contributed by atoms with Crippen LogP contribution in [0.3, 0.4) is 0 Å². The Morgan fingerprint density at radius 2 is 1.78 bits per heavy atom. The molecular weight excluding hydrogens is 364 g/mol. The molecule has 2 rings (SSSR count). The van der Waals surface area contributed by atoms with Crippen molar-refractivity contribution in [1.29, 1.82) is 0 Å². The van der Waals surface area contributed by atoms with Crippen LogP contribution in [0.2, 0.25) is 0 Å². The van der Waals surface area contributed by atoms with E-state index < -0.39 is 17.7 Å². The first-order valence-electron chi connectivity index (χ1n) is 8.82. The summed E-state index contributed by atoms with van der Waals surface area (Å²) >= 11 is 1.67. The zero-order valence-corrected chi connectivity index (χ0v) is 17.0. The van der Waals surface area contributed by atoms with Gasteiger partial charge < -0.3 is 14.8 Å². The van der Waals surface area contributed by atoms with Gasteiger partial charge >= 0.3 is 12.1 Å². The van der Waals surface area contributed by atoms with E-state index in [1.165, 1.54) is 5.56 Å². The molecule has 0 aliphatic rings. The highest BCUT2D eigenvalue weighted by Gasteiger charge is 2.16. The molecule has 27 heavy (non-hydrogen) atoms. The van der Waals surface area contributed by atoms with E-state index in [9.17, 15) is 9.59 Å². The van der Waals surface area contributed by atoms with E-state index in [2.05, 4.69) is 15.7 Å². The molecule has 0 atom stereocenters. The smallest absolute Gasteiger partial charge is 0.408 e. The third kappa shape index (κ3) is 8.21. The van der Waals surface area contributed by atoms with Crippen LogP contribution in [-0.4, -0.2) is 29.2 Å². The van der Waals surface area contributed by atoms with Gasteiger partial charge in [-0.25, -0.2) is 9.78 Å². The summed E-state index contributed by atoms with van der Waals surface area (Å²) in [7, 11) is 0. The van der Waals surface area contributed by atoms with E-state index >= 15 is 0 Å². The summed E-state index contributed by atoms with van der Waals surface area (Å²) in [5.41, 5.74) is 2.62. The number of benzene rings is 1. The van der Waals surface area contributed by atoms with Gasteiger partial charge in [0.2, 0.25) is 0 Å². The lowest BCUT2D eigenvalue weighted by atomic mass is 10.1. The molecule has 1 amide bonds. The first-order valence-corrected chi connectivity index (χ1v) is 9.70. The van der Waals surface area contributed by atoms with Gasteiger partial charge in [-0.3, -0.25) is 4.79 Å². The Morgan fingerprint density at radius 3 is 2.37 bits per heavy atom. The molecule has 0 saturated heterocycles. The van der Waals surface area contributed by atoms with Gasteiger partial charge in [0.1, 0.15) is 18.8 Å². The van der Waals surface area contributed by atoms with E-state index in [0.717, 1.165) is 29.1 Å². The number of carbonyl (C=O) groups is 2. The number of esters is 1. The highest BCUT2D eigenvalue weighted by atomic mass is 32.1. The van der Waals surface area contributed by atoms with Crippen LogP contribution >= 0.6 is 11.3 Å². The molecule has 0 bridgehead atoms. The van der Waals surface area contributed by atoms with Crippen molar-refractivity contribution in [3.63, 3.8) is 0 Å². The maximum atomic E-state index is 11.7. The van der Waals surface area contributed by atoms with Crippen LogP contribution in [0.1, 0.15) is 42.6 Å². The zero-order valence-electron chi connectivity index (χ0n) is 16.2. The minimum absolute atomic E-state index is 0.167. The molecule has 0 radical (unpaired) electrons. The monoisotopic (exact) mass is 390 g/mol. The topological polar surface area (TPSA) is 77.5 Å². The molecule has 7 heteroatoms. The van der Waals surface area contributed by atoms with Crippen molar-refractivity contribution < 1.29 is 19.1 Å². The van der Waals surface area contributed by atoms with Crippen molar-refractivity contribution in [3.05, 3.63) is 51.5 Å². The predicted octanol–water partition coefficient (Wildman–Crippen LogP) is 3.80. The van der Waals surface area contributed by atoms with E-state index in [-0.39, 0.29) is 13.2 Å². The summed E-state index contributed by atoms with van der Waals surface area (Å²) in [4.78, 5) is 27.7. The van der Waals surface area contributed by atoms with Crippen LogP contribution in [-0.2, 0) is 33.7 Å². The predicted molar refractivity (Wildman–Crippen MR) is 105 cm³/mol. The minimum Gasteiger partial charge on any atom is -0.460 e. The van der Waals surface area contributed by atoms with Crippen LogP contribution in [0.15, 0.2) is 29.6 Å². The molecule has 0 saturated carbocycles.